The number of thiophene rings is 1. The number of rotatable bonds is 3. The summed E-state index contributed by atoms with van der Waals surface area (Å²) in [5, 5.41) is 0.668. The summed E-state index contributed by atoms with van der Waals surface area (Å²) in [6, 6.07) is 6.77. The Bertz CT molecular complexity index is 986. The number of H-pyrrole nitrogens is 1. The van der Waals surface area contributed by atoms with Gasteiger partial charge < -0.3 is 9.72 Å². The molecule has 2 heterocycles. The molecular formula is C18H16N2O3S. The van der Waals surface area contributed by atoms with Crippen LogP contribution in [0.5, 0.6) is 5.75 Å². The molecule has 0 unspecified atom stereocenters. The minimum atomic E-state index is -0.289. The van der Waals surface area contributed by atoms with Gasteiger partial charge in [0.2, 0.25) is 5.78 Å². The number of benzene rings is 1. The Morgan fingerprint density at radius 2 is 1.96 bits per heavy atom. The van der Waals surface area contributed by atoms with E-state index in [0.717, 1.165) is 31.2 Å². The summed E-state index contributed by atoms with van der Waals surface area (Å²) in [4.78, 5) is 34.1. The molecule has 1 aliphatic carbocycles. The zero-order chi connectivity index (χ0) is 16.7. The lowest BCUT2D eigenvalue weighted by Crippen LogP contribution is -2.17. The van der Waals surface area contributed by atoms with E-state index in [1.807, 2.05) is 0 Å². The van der Waals surface area contributed by atoms with E-state index in [1.165, 1.54) is 4.88 Å². The van der Waals surface area contributed by atoms with Gasteiger partial charge in [0, 0.05) is 10.4 Å². The molecule has 0 spiro atoms. The molecule has 1 N–H and O–H groups in total. The largest absolute Gasteiger partial charge is 0.497 e. The minimum absolute atomic E-state index is 0.0938. The fourth-order valence-electron chi connectivity index (χ4n) is 3.15. The molecule has 6 heteroatoms. The Balaban J connectivity index is 1.79. The van der Waals surface area contributed by atoms with Crippen molar-refractivity contribution < 1.29 is 9.53 Å². The molecule has 0 saturated carbocycles. The van der Waals surface area contributed by atoms with Crippen LogP contribution in [0.1, 0.15) is 39.5 Å². The van der Waals surface area contributed by atoms with E-state index in [-0.39, 0.29) is 17.2 Å². The fraction of sp³-hybridized carbons (Fsp3) is 0.278. The van der Waals surface area contributed by atoms with E-state index >= 15 is 0 Å². The highest BCUT2D eigenvalue weighted by Gasteiger charge is 2.21. The van der Waals surface area contributed by atoms with E-state index in [2.05, 4.69) is 9.97 Å². The quantitative estimate of drug-likeness (QED) is 0.744. The third-order valence-corrected chi connectivity index (χ3v) is 5.58. The Labute approximate surface area is 142 Å². The van der Waals surface area contributed by atoms with Gasteiger partial charge in [0.15, 0.2) is 5.82 Å². The van der Waals surface area contributed by atoms with Gasteiger partial charge in [-0.15, -0.1) is 11.3 Å². The van der Waals surface area contributed by atoms with Crippen molar-refractivity contribution in [2.75, 3.05) is 7.11 Å². The van der Waals surface area contributed by atoms with Crippen LogP contribution in [0.3, 0.4) is 0 Å². The molecule has 5 nitrogen and oxygen atoms in total. The molecule has 0 bridgehead atoms. The predicted molar refractivity (Wildman–Crippen MR) is 93.3 cm³/mol. The molecule has 4 rings (SSSR count). The number of carbonyl (C=O) groups is 1. The first-order valence-electron chi connectivity index (χ1n) is 7.90. The number of aromatic amines is 1. The number of aryl methyl sites for hydroxylation is 2. The average molecular weight is 340 g/mol. The number of hydrogen-bond acceptors (Lipinski definition) is 5. The summed E-state index contributed by atoms with van der Waals surface area (Å²) in [7, 11) is 1.57. The molecule has 2 aromatic heterocycles. The monoisotopic (exact) mass is 340 g/mol. The minimum Gasteiger partial charge on any atom is -0.497 e. The predicted octanol–water partition coefficient (Wildman–Crippen LogP) is 3.10. The van der Waals surface area contributed by atoms with Gasteiger partial charge in [-0.3, -0.25) is 9.59 Å². The number of fused-ring (bicyclic) bond motifs is 3. The van der Waals surface area contributed by atoms with Gasteiger partial charge in [-0.1, -0.05) is 0 Å². The average Bonchev–Trinajstić information content (AvgIpc) is 3.00. The van der Waals surface area contributed by atoms with Crippen molar-refractivity contribution in [3.63, 3.8) is 0 Å². The Kier molecular flexibility index (Phi) is 3.69. The first-order chi connectivity index (χ1) is 11.7. The van der Waals surface area contributed by atoms with Crippen LogP contribution in [0, 0.1) is 0 Å². The van der Waals surface area contributed by atoms with Crippen LogP contribution in [0.15, 0.2) is 29.1 Å². The first kappa shape index (κ1) is 15.1. The van der Waals surface area contributed by atoms with Crippen LogP contribution in [0.4, 0.5) is 0 Å². The van der Waals surface area contributed by atoms with Gasteiger partial charge in [-0.25, -0.2) is 4.98 Å². The van der Waals surface area contributed by atoms with Crippen molar-refractivity contribution in [3.05, 3.63) is 56.4 Å². The summed E-state index contributed by atoms with van der Waals surface area (Å²) in [5.74, 6) is 0.480. The maximum absolute atomic E-state index is 12.6. The molecule has 122 valence electrons. The third-order valence-electron chi connectivity index (χ3n) is 4.39. The second-order valence-electron chi connectivity index (χ2n) is 5.86. The molecule has 0 atom stereocenters. The van der Waals surface area contributed by atoms with Crippen LogP contribution in [-0.2, 0) is 12.8 Å². The lowest BCUT2D eigenvalue weighted by molar-refractivity contribution is 0.102. The zero-order valence-electron chi connectivity index (χ0n) is 13.2. The van der Waals surface area contributed by atoms with Gasteiger partial charge in [0.05, 0.1) is 12.5 Å². The summed E-state index contributed by atoms with van der Waals surface area (Å²) in [6.07, 6.45) is 4.17. The summed E-state index contributed by atoms with van der Waals surface area (Å²) in [5.41, 5.74) is 1.38. The standard InChI is InChI=1S/C18H16N2O3S/c1-23-11-8-6-10(7-9-11)15(21)16-19-17(22)14-12-4-2-3-5-13(12)24-18(14)20-16/h6-9H,2-5H2,1H3,(H,19,20,22). The van der Waals surface area contributed by atoms with Crippen molar-refractivity contribution >= 4 is 27.3 Å². The molecule has 24 heavy (non-hydrogen) atoms. The van der Waals surface area contributed by atoms with Crippen LogP contribution in [0.2, 0.25) is 0 Å². The second kappa shape index (κ2) is 5.87. The normalized spacial score (nSPS) is 13.7. The van der Waals surface area contributed by atoms with Crippen molar-refractivity contribution in [2.24, 2.45) is 0 Å². The second-order valence-corrected chi connectivity index (χ2v) is 6.95. The third kappa shape index (κ3) is 2.43. The number of aromatic nitrogens is 2. The summed E-state index contributed by atoms with van der Waals surface area (Å²) in [6.45, 7) is 0. The van der Waals surface area contributed by atoms with E-state index in [4.69, 9.17) is 4.74 Å². The zero-order valence-corrected chi connectivity index (χ0v) is 14.0. The van der Waals surface area contributed by atoms with E-state index < -0.39 is 0 Å². The number of hydrogen-bond donors (Lipinski definition) is 1. The lowest BCUT2D eigenvalue weighted by atomic mass is 9.97. The Morgan fingerprint density at radius 1 is 1.21 bits per heavy atom. The van der Waals surface area contributed by atoms with Crippen LogP contribution in [0.25, 0.3) is 10.2 Å². The molecule has 0 amide bonds. The summed E-state index contributed by atoms with van der Waals surface area (Å²) < 4.78 is 5.09. The van der Waals surface area contributed by atoms with Gasteiger partial charge >= 0.3 is 0 Å². The van der Waals surface area contributed by atoms with Gasteiger partial charge in [0.25, 0.3) is 5.56 Å². The van der Waals surface area contributed by atoms with Crippen molar-refractivity contribution in [1.82, 2.24) is 9.97 Å². The highest BCUT2D eigenvalue weighted by Crippen LogP contribution is 2.33. The molecular weight excluding hydrogens is 324 g/mol. The topological polar surface area (TPSA) is 72.0 Å². The first-order valence-corrected chi connectivity index (χ1v) is 8.72. The van der Waals surface area contributed by atoms with Crippen molar-refractivity contribution in [1.29, 1.82) is 0 Å². The fourth-order valence-corrected chi connectivity index (χ4v) is 4.41. The molecule has 1 aromatic carbocycles. The van der Waals surface area contributed by atoms with Gasteiger partial charge in [-0.05, 0) is 55.5 Å². The number of carbonyl (C=O) groups excluding carboxylic acids is 1. The van der Waals surface area contributed by atoms with E-state index in [1.54, 1.807) is 42.7 Å². The van der Waals surface area contributed by atoms with Gasteiger partial charge in [-0.2, -0.15) is 0 Å². The molecule has 1 aliphatic rings. The highest BCUT2D eigenvalue weighted by atomic mass is 32.1. The smallest absolute Gasteiger partial charge is 0.260 e. The molecule has 3 aromatic rings. The molecule has 0 radical (unpaired) electrons. The number of ketones is 1. The Morgan fingerprint density at radius 3 is 2.71 bits per heavy atom. The van der Waals surface area contributed by atoms with Crippen molar-refractivity contribution in [3.8, 4) is 5.75 Å². The van der Waals surface area contributed by atoms with Crippen LogP contribution in [-0.4, -0.2) is 22.9 Å². The molecule has 0 fully saturated rings. The van der Waals surface area contributed by atoms with Crippen LogP contribution < -0.4 is 10.3 Å². The number of methoxy groups -OCH3 is 1. The maximum Gasteiger partial charge on any atom is 0.260 e. The van der Waals surface area contributed by atoms with E-state index in [0.29, 0.717) is 21.5 Å². The number of nitrogens with one attached hydrogen (secondary N) is 1. The summed E-state index contributed by atoms with van der Waals surface area (Å²) >= 11 is 1.54. The Hall–Kier alpha value is -2.47. The van der Waals surface area contributed by atoms with Crippen molar-refractivity contribution in [2.45, 2.75) is 25.7 Å². The SMILES string of the molecule is COc1ccc(C(=O)c2nc3sc4c(c3c(=O)[nH]2)CCCC4)cc1. The maximum atomic E-state index is 12.6. The number of ether oxygens (including phenoxy) is 1. The highest BCUT2D eigenvalue weighted by molar-refractivity contribution is 7.18. The lowest BCUT2D eigenvalue weighted by Gasteiger charge is -2.09. The number of nitrogens with zero attached hydrogens (tertiary/aromatic N) is 1. The van der Waals surface area contributed by atoms with Gasteiger partial charge in [0.1, 0.15) is 10.6 Å². The van der Waals surface area contributed by atoms with Crippen LogP contribution >= 0.6 is 11.3 Å². The van der Waals surface area contributed by atoms with E-state index in [9.17, 15) is 9.59 Å². The molecule has 0 saturated heterocycles. The molecule has 0 aliphatic heterocycles.